The fraction of sp³-hybridized carbons (Fsp3) is 0.273. The van der Waals surface area contributed by atoms with Gasteiger partial charge in [-0.1, -0.05) is 18.2 Å². The maximum Gasteiger partial charge on any atom is 0.262 e. The number of ether oxygens (including phenoxy) is 2. The van der Waals surface area contributed by atoms with Crippen molar-refractivity contribution in [1.29, 1.82) is 0 Å². The summed E-state index contributed by atoms with van der Waals surface area (Å²) < 4.78 is 38.0. The van der Waals surface area contributed by atoms with Crippen molar-refractivity contribution in [3.63, 3.8) is 0 Å². The number of fused-ring (bicyclic) bond motifs is 1. The molecule has 0 unspecified atom stereocenters. The first kappa shape index (κ1) is 21.8. The first-order valence-electron chi connectivity index (χ1n) is 10.1. The molecule has 2 amide bonds. The average Bonchev–Trinajstić information content (AvgIpc) is 2.82. The smallest absolute Gasteiger partial charge is 0.262 e. The van der Waals surface area contributed by atoms with E-state index in [0.717, 1.165) is 5.56 Å². The highest BCUT2D eigenvalue weighted by Crippen LogP contribution is 2.31. The van der Waals surface area contributed by atoms with Crippen molar-refractivity contribution in [3.8, 4) is 11.5 Å². The molecule has 2 aromatic carbocycles. The summed E-state index contributed by atoms with van der Waals surface area (Å²) in [5, 5.41) is 2.62. The number of sulfonamides is 1. The van der Waals surface area contributed by atoms with Crippen LogP contribution in [0, 0.1) is 0 Å². The van der Waals surface area contributed by atoms with E-state index in [1.807, 2.05) is 24.3 Å². The number of anilines is 1. The molecular weight excluding hydrogens is 434 g/mol. The van der Waals surface area contributed by atoms with E-state index in [2.05, 4.69) is 5.32 Å². The Kier molecular flexibility index (Phi) is 6.15. The van der Waals surface area contributed by atoms with E-state index >= 15 is 0 Å². The Morgan fingerprint density at radius 3 is 2.62 bits per heavy atom. The van der Waals surface area contributed by atoms with E-state index in [0.29, 0.717) is 17.2 Å². The minimum atomic E-state index is -3.77. The van der Waals surface area contributed by atoms with E-state index < -0.39 is 10.0 Å². The van der Waals surface area contributed by atoms with E-state index in [-0.39, 0.29) is 49.5 Å². The zero-order valence-electron chi connectivity index (χ0n) is 17.5. The lowest BCUT2D eigenvalue weighted by Gasteiger charge is -2.33. The van der Waals surface area contributed by atoms with Crippen LogP contribution in [0.1, 0.15) is 5.56 Å². The molecule has 2 aromatic rings. The Bertz CT molecular complexity index is 1170. The molecule has 2 aliphatic rings. The van der Waals surface area contributed by atoms with Crippen molar-refractivity contribution in [3.05, 3.63) is 54.1 Å². The molecule has 0 atom stereocenters. The van der Waals surface area contributed by atoms with Crippen LogP contribution in [0.15, 0.2) is 53.4 Å². The second-order valence-electron chi connectivity index (χ2n) is 7.30. The molecule has 1 fully saturated rings. The Balaban J connectivity index is 1.41. The van der Waals surface area contributed by atoms with E-state index in [1.54, 1.807) is 18.1 Å². The van der Waals surface area contributed by atoms with Crippen molar-refractivity contribution >= 4 is 33.6 Å². The highest BCUT2D eigenvalue weighted by atomic mass is 32.2. The molecule has 0 radical (unpaired) electrons. The second-order valence-corrected chi connectivity index (χ2v) is 9.24. The lowest BCUT2D eigenvalue weighted by Crippen LogP contribution is -2.50. The molecule has 32 heavy (non-hydrogen) atoms. The van der Waals surface area contributed by atoms with Gasteiger partial charge < -0.3 is 19.7 Å². The van der Waals surface area contributed by atoms with Gasteiger partial charge in [0.05, 0.1) is 17.7 Å². The van der Waals surface area contributed by atoms with Crippen molar-refractivity contribution in [2.24, 2.45) is 0 Å². The van der Waals surface area contributed by atoms with Crippen molar-refractivity contribution in [2.75, 3.05) is 45.2 Å². The molecule has 168 valence electrons. The third-order valence-corrected chi connectivity index (χ3v) is 7.21. The average molecular weight is 458 g/mol. The number of rotatable bonds is 5. The molecule has 0 spiro atoms. The second kappa shape index (κ2) is 9.01. The molecule has 1 N–H and O–H groups in total. The quantitative estimate of drug-likeness (QED) is 0.684. The predicted octanol–water partition coefficient (Wildman–Crippen LogP) is 1.57. The van der Waals surface area contributed by atoms with Crippen LogP contribution in [-0.2, 0) is 19.6 Å². The Labute approximate surface area is 186 Å². The highest BCUT2D eigenvalue weighted by Gasteiger charge is 2.30. The van der Waals surface area contributed by atoms with Gasteiger partial charge in [-0.25, -0.2) is 8.42 Å². The van der Waals surface area contributed by atoms with Crippen molar-refractivity contribution in [1.82, 2.24) is 9.21 Å². The zero-order valence-corrected chi connectivity index (χ0v) is 18.3. The molecule has 9 nitrogen and oxygen atoms in total. The number of piperazine rings is 1. The molecule has 4 rings (SSSR count). The Morgan fingerprint density at radius 2 is 1.88 bits per heavy atom. The van der Waals surface area contributed by atoms with E-state index in [1.165, 1.54) is 28.6 Å². The molecule has 2 heterocycles. The number of carbonyl (C=O) groups excluding carboxylic acids is 2. The SMILES string of the molecule is COc1ccccc1C=CC(=O)N1CCN(S(=O)(=O)c2ccc3c(c2)NC(=O)CO3)CC1. The van der Waals surface area contributed by atoms with E-state index in [4.69, 9.17) is 9.47 Å². The van der Waals surface area contributed by atoms with Crippen LogP contribution in [0.2, 0.25) is 0 Å². The van der Waals surface area contributed by atoms with Crippen molar-refractivity contribution in [2.45, 2.75) is 4.90 Å². The van der Waals surface area contributed by atoms with Crippen LogP contribution in [0.4, 0.5) is 5.69 Å². The first-order chi connectivity index (χ1) is 15.4. The number of nitrogens with zero attached hydrogens (tertiary/aromatic N) is 2. The summed E-state index contributed by atoms with van der Waals surface area (Å²) in [6.45, 7) is 0.811. The van der Waals surface area contributed by atoms with E-state index in [9.17, 15) is 18.0 Å². The topological polar surface area (TPSA) is 105 Å². The monoisotopic (exact) mass is 457 g/mol. The Morgan fingerprint density at radius 1 is 1.12 bits per heavy atom. The molecule has 0 aromatic heterocycles. The number of nitrogens with one attached hydrogen (secondary N) is 1. The molecule has 0 bridgehead atoms. The molecule has 0 aliphatic carbocycles. The summed E-state index contributed by atoms with van der Waals surface area (Å²) in [6, 6.07) is 11.7. The van der Waals surface area contributed by atoms with Gasteiger partial charge in [-0.15, -0.1) is 0 Å². The predicted molar refractivity (Wildman–Crippen MR) is 118 cm³/mol. The van der Waals surface area contributed by atoms with Gasteiger partial charge in [0.15, 0.2) is 6.61 Å². The van der Waals surface area contributed by atoms with Gasteiger partial charge in [0.25, 0.3) is 5.91 Å². The Hall–Kier alpha value is -3.37. The maximum absolute atomic E-state index is 13.1. The van der Waals surface area contributed by atoms with Gasteiger partial charge in [-0.2, -0.15) is 4.31 Å². The van der Waals surface area contributed by atoms with Crippen LogP contribution < -0.4 is 14.8 Å². The standard InChI is InChI=1S/C22H23N3O6S/c1-30-19-5-3-2-4-16(19)6-9-22(27)24-10-12-25(13-11-24)32(28,29)17-7-8-20-18(14-17)23-21(26)15-31-20/h2-9,14H,10-13,15H2,1H3,(H,23,26). The molecule has 0 saturated carbocycles. The van der Waals surface area contributed by atoms with Crippen LogP contribution in [0.5, 0.6) is 11.5 Å². The fourth-order valence-corrected chi connectivity index (χ4v) is 5.04. The number of amides is 2. The van der Waals surface area contributed by atoms with Gasteiger partial charge in [0.1, 0.15) is 11.5 Å². The van der Waals surface area contributed by atoms with Crippen LogP contribution in [0.25, 0.3) is 6.08 Å². The van der Waals surface area contributed by atoms with Crippen molar-refractivity contribution < 1.29 is 27.5 Å². The summed E-state index contributed by atoms with van der Waals surface area (Å²) in [5.74, 6) is 0.571. The number of hydrogen-bond donors (Lipinski definition) is 1. The summed E-state index contributed by atoms with van der Waals surface area (Å²) in [7, 11) is -2.21. The summed E-state index contributed by atoms with van der Waals surface area (Å²) in [5.41, 5.74) is 1.12. The van der Waals surface area contributed by atoms with Gasteiger partial charge in [0, 0.05) is 37.8 Å². The number of carbonyl (C=O) groups is 2. The number of methoxy groups -OCH3 is 1. The minimum absolute atomic E-state index is 0.0675. The van der Waals surface area contributed by atoms with Gasteiger partial charge in [-0.3, -0.25) is 9.59 Å². The maximum atomic E-state index is 13.1. The number of benzene rings is 2. The van der Waals surface area contributed by atoms with Gasteiger partial charge in [0.2, 0.25) is 15.9 Å². The van der Waals surface area contributed by atoms with Crippen LogP contribution in [-0.4, -0.2) is 69.3 Å². The number of para-hydroxylation sites is 1. The summed E-state index contributed by atoms with van der Waals surface area (Å²) >= 11 is 0. The zero-order chi connectivity index (χ0) is 22.7. The third kappa shape index (κ3) is 4.46. The lowest BCUT2D eigenvalue weighted by molar-refractivity contribution is -0.127. The molecule has 2 aliphatic heterocycles. The molecule has 10 heteroatoms. The fourth-order valence-electron chi connectivity index (χ4n) is 3.59. The van der Waals surface area contributed by atoms with Gasteiger partial charge >= 0.3 is 0 Å². The van der Waals surface area contributed by atoms with Crippen LogP contribution in [0.3, 0.4) is 0 Å². The normalized spacial score (nSPS) is 16.9. The first-order valence-corrected chi connectivity index (χ1v) is 11.5. The van der Waals surface area contributed by atoms with Crippen LogP contribution >= 0.6 is 0 Å². The molecule has 1 saturated heterocycles. The van der Waals surface area contributed by atoms with Gasteiger partial charge in [-0.05, 0) is 30.3 Å². The summed E-state index contributed by atoms with van der Waals surface area (Å²) in [4.78, 5) is 25.8. The minimum Gasteiger partial charge on any atom is -0.496 e. The largest absolute Gasteiger partial charge is 0.496 e. The summed E-state index contributed by atoms with van der Waals surface area (Å²) in [6.07, 6.45) is 3.15. The highest BCUT2D eigenvalue weighted by molar-refractivity contribution is 7.89. The third-order valence-electron chi connectivity index (χ3n) is 5.32. The molecular formula is C22H23N3O6S. The lowest BCUT2D eigenvalue weighted by atomic mass is 10.2. The number of hydrogen-bond acceptors (Lipinski definition) is 6.